The van der Waals surface area contributed by atoms with Gasteiger partial charge in [-0.3, -0.25) is 0 Å². The van der Waals surface area contributed by atoms with Gasteiger partial charge in [-0.2, -0.15) is 0 Å². The summed E-state index contributed by atoms with van der Waals surface area (Å²) in [7, 11) is 0. The first-order valence-electron chi connectivity index (χ1n) is 5.92. The molecule has 0 amide bonds. The highest BCUT2D eigenvalue weighted by Gasteiger charge is 2.14. The van der Waals surface area contributed by atoms with Crippen molar-refractivity contribution in [1.82, 2.24) is 0 Å². The summed E-state index contributed by atoms with van der Waals surface area (Å²) in [5.74, 6) is -1.11. The number of hydrogen-bond donors (Lipinski definition) is 2. The first-order valence-corrected chi connectivity index (χ1v) is 6.71. The second-order valence-electron chi connectivity index (χ2n) is 4.32. The molecule has 0 aliphatic carbocycles. The zero-order valence-corrected chi connectivity index (χ0v) is 12.3. The lowest BCUT2D eigenvalue weighted by Crippen LogP contribution is -2.01. The van der Waals surface area contributed by atoms with Crippen LogP contribution in [0.2, 0.25) is 0 Å². The van der Waals surface area contributed by atoms with Gasteiger partial charge in [0.2, 0.25) is 0 Å². The molecule has 0 spiro atoms. The maximum Gasteiger partial charge on any atom is 0.339 e. The molecule has 0 radical (unpaired) electrons. The quantitative estimate of drug-likeness (QED) is 0.892. The normalized spacial score (nSPS) is 10.3. The Kier molecular flexibility index (Phi) is 4.29. The van der Waals surface area contributed by atoms with Crippen molar-refractivity contribution < 1.29 is 19.7 Å². The molecule has 2 N–H and O–H groups in total. The van der Waals surface area contributed by atoms with E-state index in [-0.39, 0.29) is 11.3 Å². The van der Waals surface area contributed by atoms with Crippen LogP contribution in [0.15, 0.2) is 40.9 Å². The van der Waals surface area contributed by atoms with E-state index in [4.69, 9.17) is 9.84 Å². The number of carboxylic acids is 1. The van der Waals surface area contributed by atoms with Gasteiger partial charge in [-0.15, -0.1) is 0 Å². The van der Waals surface area contributed by atoms with Gasteiger partial charge in [0, 0.05) is 6.07 Å². The molecule has 0 aliphatic rings. The first-order chi connectivity index (χ1) is 9.49. The molecule has 2 rings (SSSR count). The molecular formula is C15H13BrO4. The summed E-state index contributed by atoms with van der Waals surface area (Å²) in [5, 5.41) is 18.6. The minimum Gasteiger partial charge on any atom is -0.507 e. The van der Waals surface area contributed by atoms with E-state index >= 15 is 0 Å². The van der Waals surface area contributed by atoms with E-state index in [0.29, 0.717) is 16.8 Å². The van der Waals surface area contributed by atoms with Gasteiger partial charge in [-0.1, -0.05) is 24.3 Å². The summed E-state index contributed by atoms with van der Waals surface area (Å²) in [6.45, 7) is 2.33. The fourth-order valence-electron chi connectivity index (χ4n) is 1.75. The largest absolute Gasteiger partial charge is 0.507 e. The van der Waals surface area contributed by atoms with Crippen LogP contribution in [0.3, 0.4) is 0 Å². The highest BCUT2D eigenvalue weighted by molar-refractivity contribution is 9.10. The van der Waals surface area contributed by atoms with Crippen molar-refractivity contribution in [3.63, 3.8) is 0 Å². The number of aromatic carboxylic acids is 1. The number of ether oxygens (including phenoxy) is 1. The Morgan fingerprint density at radius 1 is 1.30 bits per heavy atom. The van der Waals surface area contributed by atoms with Crippen molar-refractivity contribution in [1.29, 1.82) is 0 Å². The van der Waals surface area contributed by atoms with Crippen molar-refractivity contribution in [2.75, 3.05) is 0 Å². The van der Waals surface area contributed by atoms with Gasteiger partial charge in [0.15, 0.2) is 0 Å². The Morgan fingerprint density at radius 3 is 2.65 bits per heavy atom. The monoisotopic (exact) mass is 336 g/mol. The maximum atomic E-state index is 10.9. The third kappa shape index (κ3) is 3.11. The van der Waals surface area contributed by atoms with Gasteiger partial charge in [0.05, 0.1) is 4.47 Å². The lowest BCUT2D eigenvalue weighted by Gasteiger charge is -2.11. The Hall–Kier alpha value is -2.01. The van der Waals surface area contributed by atoms with Crippen LogP contribution in [-0.4, -0.2) is 16.2 Å². The molecule has 0 aliphatic heterocycles. The van der Waals surface area contributed by atoms with E-state index in [9.17, 15) is 9.90 Å². The molecule has 0 unspecified atom stereocenters. The topological polar surface area (TPSA) is 66.8 Å². The van der Waals surface area contributed by atoms with Crippen molar-refractivity contribution in [3.8, 4) is 11.5 Å². The molecular weight excluding hydrogens is 324 g/mol. The predicted octanol–water partition coefficient (Wildman–Crippen LogP) is 3.74. The third-order valence-corrected chi connectivity index (χ3v) is 3.54. The van der Waals surface area contributed by atoms with Crippen molar-refractivity contribution in [3.05, 3.63) is 57.6 Å². The number of carboxylic acid groups (broad SMARTS) is 1. The van der Waals surface area contributed by atoms with E-state index < -0.39 is 5.97 Å². The number of halogens is 1. The van der Waals surface area contributed by atoms with Crippen LogP contribution in [0, 0.1) is 6.92 Å². The van der Waals surface area contributed by atoms with Crippen LogP contribution in [-0.2, 0) is 6.61 Å². The van der Waals surface area contributed by atoms with Crippen LogP contribution in [0.4, 0.5) is 0 Å². The highest BCUT2D eigenvalue weighted by atomic mass is 79.9. The number of benzene rings is 2. The zero-order valence-electron chi connectivity index (χ0n) is 10.8. The fourth-order valence-corrected chi connectivity index (χ4v) is 2.21. The lowest BCUT2D eigenvalue weighted by atomic mass is 10.1. The summed E-state index contributed by atoms with van der Waals surface area (Å²) in [4.78, 5) is 10.9. The van der Waals surface area contributed by atoms with Crippen LogP contribution < -0.4 is 4.74 Å². The van der Waals surface area contributed by atoms with Crippen LogP contribution in [0.1, 0.15) is 21.5 Å². The molecule has 104 valence electrons. The molecule has 4 nitrogen and oxygen atoms in total. The average molecular weight is 337 g/mol. The SMILES string of the molecule is Cc1ccccc1COc1cc(O)c(C(=O)O)cc1Br. The number of rotatable bonds is 4. The van der Waals surface area contributed by atoms with E-state index in [2.05, 4.69) is 15.9 Å². The van der Waals surface area contributed by atoms with E-state index in [1.165, 1.54) is 12.1 Å². The van der Waals surface area contributed by atoms with Crippen molar-refractivity contribution >= 4 is 21.9 Å². The number of aryl methyl sites for hydroxylation is 1. The van der Waals surface area contributed by atoms with E-state index in [1.54, 1.807) is 0 Å². The molecule has 20 heavy (non-hydrogen) atoms. The molecule has 0 saturated heterocycles. The summed E-state index contributed by atoms with van der Waals surface area (Å²) in [6.07, 6.45) is 0. The second-order valence-corrected chi connectivity index (χ2v) is 5.17. The number of phenols is 1. The Labute approximate surface area is 124 Å². The van der Waals surface area contributed by atoms with Crippen molar-refractivity contribution in [2.24, 2.45) is 0 Å². The molecule has 0 atom stereocenters. The maximum absolute atomic E-state index is 10.9. The molecule has 2 aromatic rings. The first kappa shape index (κ1) is 14.4. The Bertz CT molecular complexity index is 652. The van der Waals surface area contributed by atoms with Crippen LogP contribution >= 0.6 is 15.9 Å². The number of hydrogen-bond acceptors (Lipinski definition) is 3. The Morgan fingerprint density at radius 2 is 2.00 bits per heavy atom. The standard InChI is InChI=1S/C15H13BrO4/c1-9-4-2-3-5-10(9)8-20-14-7-13(17)11(15(18)19)6-12(14)16/h2-7,17H,8H2,1H3,(H,18,19). The van der Waals surface area contributed by atoms with Crippen LogP contribution in [0.25, 0.3) is 0 Å². The van der Waals surface area contributed by atoms with E-state index in [1.807, 2.05) is 31.2 Å². The average Bonchev–Trinajstić information content (AvgIpc) is 2.40. The van der Waals surface area contributed by atoms with Gasteiger partial charge < -0.3 is 14.9 Å². The summed E-state index contributed by atoms with van der Waals surface area (Å²) in [6, 6.07) is 10.4. The van der Waals surface area contributed by atoms with E-state index in [0.717, 1.165) is 11.1 Å². The molecule has 5 heteroatoms. The summed E-state index contributed by atoms with van der Waals surface area (Å²) >= 11 is 3.24. The molecule has 0 aromatic heterocycles. The summed E-state index contributed by atoms with van der Waals surface area (Å²) in [5.41, 5.74) is 1.97. The highest BCUT2D eigenvalue weighted by Crippen LogP contribution is 2.33. The number of aromatic hydroxyl groups is 1. The van der Waals surface area contributed by atoms with Gasteiger partial charge in [-0.05, 0) is 40.0 Å². The molecule has 2 aromatic carbocycles. The summed E-state index contributed by atoms with van der Waals surface area (Å²) < 4.78 is 6.11. The second kappa shape index (κ2) is 5.96. The molecule has 0 saturated carbocycles. The lowest BCUT2D eigenvalue weighted by molar-refractivity contribution is 0.0693. The van der Waals surface area contributed by atoms with Gasteiger partial charge in [0.1, 0.15) is 23.7 Å². The Balaban J connectivity index is 2.21. The zero-order chi connectivity index (χ0) is 14.7. The van der Waals surface area contributed by atoms with Crippen molar-refractivity contribution in [2.45, 2.75) is 13.5 Å². The molecule has 0 fully saturated rings. The third-order valence-electron chi connectivity index (χ3n) is 2.93. The molecule has 0 heterocycles. The predicted molar refractivity (Wildman–Crippen MR) is 78.3 cm³/mol. The van der Waals surface area contributed by atoms with Crippen LogP contribution in [0.5, 0.6) is 11.5 Å². The molecule has 0 bridgehead atoms. The van der Waals surface area contributed by atoms with Gasteiger partial charge >= 0.3 is 5.97 Å². The van der Waals surface area contributed by atoms with Gasteiger partial charge in [-0.25, -0.2) is 4.79 Å². The van der Waals surface area contributed by atoms with Gasteiger partial charge in [0.25, 0.3) is 0 Å². The minimum atomic E-state index is -1.19. The smallest absolute Gasteiger partial charge is 0.339 e. The fraction of sp³-hybridized carbons (Fsp3) is 0.133. The minimum absolute atomic E-state index is 0.167. The number of carbonyl (C=O) groups is 1.